The molecule has 3 nitrogen and oxygen atoms in total. The van der Waals surface area contributed by atoms with Crippen LogP contribution in [0.2, 0.25) is 0 Å². The van der Waals surface area contributed by atoms with Crippen molar-refractivity contribution in [3.63, 3.8) is 0 Å². The van der Waals surface area contributed by atoms with Crippen molar-refractivity contribution in [3.05, 3.63) is 46.2 Å². The highest BCUT2D eigenvalue weighted by atomic mass is 32.1. The van der Waals surface area contributed by atoms with Gasteiger partial charge in [0.05, 0.1) is 17.3 Å². The minimum Gasteiger partial charge on any atom is -0.297 e. The van der Waals surface area contributed by atoms with Crippen LogP contribution in [0.25, 0.3) is 5.69 Å². The van der Waals surface area contributed by atoms with Crippen molar-refractivity contribution in [2.75, 3.05) is 0 Å². The van der Waals surface area contributed by atoms with E-state index in [2.05, 4.69) is 25.0 Å². The first-order chi connectivity index (χ1) is 8.11. The van der Waals surface area contributed by atoms with Crippen molar-refractivity contribution in [1.29, 1.82) is 5.26 Å². The third-order valence-corrected chi connectivity index (χ3v) is 2.90. The lowest BCUT2D eigenvalue weighted by atomic mass is 10.1. The first kappa shape index (κ1) is 11.6. The zero-order valence-corrected chi connectivity index (χ0v) is 10.6. The van der Waals surface area contributed by atoms with Gasteiger partial charge in [0.15, 0.2) is 0 Å². The third kappa shape index (κ3) is 2.29. The minimum atomic E-state index is 0.400. The normalized spacial score (nSPS) is 10.5. The van der Waals surface area contributed by atoms with Crippen LogP contribution in [0.1, 0.15) is 31.0 Å². The van der Waals surface area contributed by atoms with Crippen LogP contribution >= 0.6 is 12.2 Å². The first-order valence-electron chi connectivity index (χ1n) is 5.44. The Morgan fingerprint density at radius 3 is 2.71 bits per heavy atom. The van der Waals surface area contributed by atoms with Crippen LogP contribution in [-0.4, -0.2) is 9.78 Å². The van der Waals surface area contributed by atoms with Gasteiger partial charge in [-0.05, 0) is 30.2 Å². The van der Waals surface area contributed by atoms with Crippen LogP contribution in [0.5, 0.6) is 0 Å². The molecule has 0 bridgehead atoms. The molecule has 0 amide bonds. The Hall–Kier alpha value is -1.86. The maximum absolute atomic E-state index is 8.88. The minimum absolute atomic E-state index is 0.400. The molecule has 0 aliphatic carbocycles. The van der Waals surface area contributed by atoms with Crippen LogP contribution < -0.4 is 0 Å². The van der Waals surface area contributed by atoms with Crippen molar-refractivity contribution in [2.24, 2.45) is 0 Å². The molecule has 1 aromatic heterocycles. The number of aromatic amines is 1. The second-order valence-corrected chi connectivity index (χ2v) is 4.62. The molecule has 1 aromatic carbocycles. The van der Waals surface area contributed by atoms with Crippen molar-refractivity contribution in [1.82, 2.24) is 9.78 Å². The van der Waals surface area contributed by atoms with Gasteiger partial charge in [-0.15, -0.1) is 0 Å². The lowest BCUT2D eigenvalue weighted by molar-refractivity contribution is 0.765. The van der Waals surface area contributed by atoms with Crippen molar-refractivity contribution in [3.8, 4) is 11.8 Å². The monoisotopic (exact) mass is 243 g/mol. The van der Waals surface area contributed by atoms with Crippen molar-refractivity contribution < 1.29 is 0 Å². The predicted molar refractivity (Wildman–Crippen MR) is 69.8 cm³/mol. The number of nitriles is 1. The van der Waals surface area contributed by atoms with Crippen LogP contribution in [0, 0.1) is 16.0 Å². The average Bonchev–Trinajstić information content (AvgIpc) is 2.72. The van der Waals surface area contributed by atoms with Gasteiger partial charge in [0.1, 0.15) is 4.64 Å². The third-order valence-electron chi connectivity index (χ3n) is 2.60. The molecule has 0 radical (unpaired) electrons. The molecule has 0 saturated carbocycles. The largest absolute Gasteiger partial charge is 0.297 e. The predicted octanol–water partition coefficient (Wildman–Crippen LogP) is 3.53. The van der Waals surface area contributed by atoms with E-state index in [-0.39, 0.29) is 0 Å². The number of H-pyrrole nitrogens is 1. The summed E-state index contributed by atoms with van der Waals surface area (Å²) in [6, 6.07) is 11.5. The van der Waals surface area contributed by atoms with Gasteiger partial charge in [-0.1, -0.05) is 32.1 Å². The molecule has 2 rings (SSSR count). The van der Waals surface area contributed by atoms with E-state index < -0.39 is 0 Å². The second kappa shape index (κ2) is 4.56. The van der Waals surface area contributed by atoms with Crippen LogP contribution in [0.15, 0.2) is 30.3 Å². The molecule has 1 heterocycles. The molecule has 0 fully saturated rings. The molecule has 1 N–H and O–H groups in total. The Morgan fingerprint density at radius 2 is 2.12 bits per heavy atom. The standard InChI is InChI=1S/C13H13N3S/c1-9(2)12-7-13(17)16(15-12)11-5-3-4-10(6-11)8-14/h3-7,9,15H,1-2H3. The number of hydrogen-bond donors (Lipinski definition) is 1. The topological polar surface area (TPSA) is 44.5 Å². The van der Waals surface area contributed by atoms with E-state index in [0.29, 0.717) is 11.5 Å². The molecule has 0 spiro atoms. The zero-order valence-electron chi connectivity index (χ0n) is 9.77. The summed E-state index contributed by atoms with van der Waals surface area (Å²) in [5.74, 6) is 0.400. The van der Waals surface area contributed by atoms with Gasteiger partial charge in [-0.25, -0.2) is 4.68 Å². The van der Waals surface area contributed by atoms with Gasteiger partial charge < -0.3 is 0 Å². The Kier molecular flexibility index (Phi) is 3.12. The summed E-state index contributed by atoms with van der Waals surface area (Å²) >= 11 is 5.30. The van der Waals surface area contributed by atoms with Gasteiger partial charge in [-0.3, -0.25) is 5.10 Å². The molecule has 0 saturated heterocycles. The second-order valence-electron chi connectivity index (χ2n) is 4.20. The van der Waals surface area contributed by atoms with Crippen LogP contribution in [0.4, 0.5) is 0 Å². The summed E-state index contributed by atoms with van der Waals surface area (Å²) in [6.07, 6.45) is 0. The molecular weight excluding hydrogens is 230 g/mol. The van der Waals surface area contributed by atoms with Crippen molar-refractivity contribution in [2.45, 2.75) is 19.8 Å². The maximum Gasteiger partial charge on any atom is 0.127 e. The number of nitrogens with zero attached hydrogens (tertiary/aromatic N) is 2. The molecule has 2 aromatic rings. The average molecular weight is 243 g/mol. The molecule has 17 heavy (non-hydrogen) atoms. The molecule has 86 valence electrons. The number of hydrogen-bond acceptors (Lipinski definition) is 2. The Labute approximate surface area is 105 Å². The number of nitrogens with one attached hydrogen (secondary N) is 1. The molecule has 0 aliphatic rings. The summed E-state index contributed by atoms with van der Waals surface area (Å²) in [6.45, 7) is 4.22. The van der Waals surface area contributed by atoms with E-state index in [1.165, 1.54) is 0 Å². The van der Waals surface area contributed by atoms with Gasteiger partial charge in [0.2, 0.25) is 0 Å². The molecule has 0 aliphatic heterocycles. The van der Waals surface area contributed by atoms with E-state index in [4.69, 9.17) is 17.5 Å². The van der Waals surface area contributed by atoms with Crippen molar-refractivity contribution >= 4 is 12.2 Å². The molecule has 0 atom stereocenters. The lowest BCUT2D eigenvalue weighted by Crippen LogP contribution is -1.98. The Morgan fingerprint density at radius 1 is 1.35 bits per heavy atom. The Balaban J connectivity index is 2.53. The fraction of sp³-hybridized carbons (Fsp3) is 0.231. The first-order valence-corrected chi connectivity index (χ1v) is 5.85. The number of aromatic nitrogens is 2. The Bertz CT molecular complexity index is 629. The van der Waals surface area contributed by atoms with E-state index >= 15 is 0 Å². The lowest BCUT2D eigenvalue weighted by Gasteiger charge is -2.04. The highest BCUT2D eigenvalue weighted by molar-refractivity contribution is 7.71. The number of benzene rings is 1. The smallest absolute Gasteiger partial charge is 0.127 e. The molecule has 0 unspecified atom stereocenters. The van der Waals surface area contributed by atoms with E-state index in [1.807, 2.05) is 28.9 Å². The van der Waals surface area contributed by atoms with Gasteiger partial charge in [0.25, 0.3) is 0 Å². The summed E-state index contributed by atoms with van der Waals surface area (Å²) in [7, 11) is 0. The van der Waals surface area contributed by atoms with E-state index in [1.54, 1.807) is 6.07 Å². The van der Waals surface area contributed by atoms with Gasteiger partial charge in [-0.2, -0.15) is 5.26 Å². The van der Waals surface area contributed by atoms with E-state index in [9.17, 15) is 0 Å². The maximum atomic E-state index is 8.88. The SMILES string of the molecule is CC(C)c1cc(=S)n(-c2cccc(C#N)c2)[nH]1. The molecule has 4 heteroatoms. The van der Waals surface area contributed by atoms with Gasteiger partial charge in [0, 0.05) is 5.69 Å². The highest BCUT2D eigenvalue weighted by Crippen LogP contribution is 2.16. The fourth-order valence-corrected chi connectivity index (χ4v) is 1.89. The summed E-state index contributed by atoms with van der Waals surface area (Å²) in [4.78, 5) is 0. The molecular formula is C13H13N3S. The zero-order chi connectivity index (χ0) is 12.4. The summed E-state index contributed by atoms with van der Waals surface area (Å²) < 4.78 is 2.55. The highest BCUT2D eigenvalue weighted by Gasteiger charge is 2.06. The van der Waals surface area contributed by atoms with Crippen LogP contribution in [0.3, 0.4) is 0 Å². The van der Waals surface area contributed by atoms with Gasteiger partial charge >= 0.3 is 0 Å². The fourth-order valence-electron chi connectivity index (χ4n) is 1.62. The van der Waals surface area contributed by atoms with Crippen LogP contribution in [-0.2, 0) is 0 Å². The summed E-state index contributed by atoms with van der Waals surface area (Å²) in [5.41, 5.74) is 2.61. The van der Waals surface area contributed by atoms with E-state index in [0.717, 1.165) is 16.0 Å². The summed E-state index contributed by atoms with van der Waals surface area (Å²) in [5, 5.41) is 12.1. The number of rotatable bonds is 2. The quantitative estimate of drug-likeness (QED) is 0.820.